The lowest BCUT2D eigenvalue weighted by Gasteiger charge is -2.05. The van der Waals surface area contributed by atoms with Crippen LogP contribution in [0.4, 0.5) is 5.69 Å². The highest BCUT2D eigenvalue weighted by atomic mass is 32.1. The standard InChI is InChI=1S/C14H9N3OS/c15-8-9-7-10(16)5-6-13(9)18-14-11-3-1-2-4-12(11)17-19-14/h1-7H,16H2. The van der Waals surface area contributed by atoms with Crippen molar-refractivity contribution in [3.8, 4) is 16.9 Å². The third-order valence-electron chi connectivity index (χ3n) is 2.68. The fourth-order valence-electron chi connectivity index (χ4n) is 1.76. The minimum absolute atomic E-state index is 0.414. The number of benzene rings is 2. The highest BCUT2D eigenvalue weighted by Gasteiger charge is 2.10. The molecule has 0 spiro atoms. The maximum atomic E-state index is 9.09. The van der Waals surface area contributed by atoms with Crippen LogP contribution in [0.3, 0.4) is 0 Å². The van der Waals surface area contributed by atoms with Crippen molar-refractivity contribution in [3.05, 3.63) is 48.0 Å². The molecule has 0 radical (unpaired) electrons. The van der Waals surface area contributed by atoms with Crippen LogP contribution in [0.25, 0.3) is 10.9 Å². The van der Waals surface area contributed by atoms with Crippen molar-refractivity contribution in [1.82, 2.24) is 4.37 Å². The van der Waals surface area contributed by atoms with Gasteiger partial charge in [0.1, 0.15) is 11.8 Å². The van der Waals surface area contributed by atoms with Gasteiger partial charge in [-0.25, -0.2) is 0 Å². The van der Waals surface area contributed by atoms with E-state index >= 15 is 0 Å². The van der Waals surface area contributed by atoms with Gasteiger partial charge >= 0.3 is 0 Å². The smallest absolute Gasteiger partial charge is 0.207 e. The summed E-state index contributed by atoms with van der Waals surface area (Å²) in [5.41, 5.74) is 7.49. The van der Waals surface area contributed by atoms with Crippen molar-refractivity contribution in [2.75, 3.05) is 5.73 Å². The Bertz CT molecular complexity index is 789. The van der Waals surface area contributed by atoms with Gasteiger partial charge in [0.05, 0.1) is 16.5 Å². The highest BCUT2D eigenvalue weighted by molar-refractivity contribution is 7.09. The largest absolute Gasteiger partial charge is 0.443 e. The topological polar surface area (TPSA) is 71.9 Å². The number of hydrogen-bond donors (Lipinski definition) is 1. The fourth-order valence-corrected chi connectivity index (χ4v) is 2.50. The molecular weight excluding hydrogens is 258 g/mol. The van der Waals surface area contributed by atoms with Gasteiger partial charge in [-0.3, -0.25) is 0 Å². The number of nitrogens with zero attached hydrogens (tertiary/aromatic N) is 2. The van der Waals surface area contributed by atoms with Crippen LogP contribution in [-0.2, 0) is 0 Å². The maximum absolute atomic E-state index is 9.09. The Labute approximate surface area is 113 Å². The summed E-state index contributed by atoms with van der Waals surface area (Å²) in [6.45, 7) is 0. The molecule has 1 aromatic heterocycles. The molecule has 92 valence electrons. The van der Waals surface area contributed by atoms with Crippen LogP contribution in [0.5, 0.6) is 10.8 Å². The zero-order valence-electron chi connectivity index (χ0n) is 9.83. The van der Waals surface area contributed by atoms with E-state index in [1.807, 2.05) is 24.3 Å². The van der Waals surface area contributed by atoms with Gasteiger partial charge in [0.15, 0.2) is 0 Å². The van der Waals surface area contributed by atoms with E-state index in [2.05, 4.69) is 10.4 Å². The van der Waals surface area contributed by atoms with Crippen LogP contribution >= 0.6 is 11.5 Å². The molecule has 0 saturated heterocycles. The van der Waals surface area contributed by atoms with E-state index in [1.54, 1.807) is 18.2 Å². The van der Waals surface area contributed by atoms with Crippen LogP contribution in [0.2, 0.25) is 0 Å². The second kappa shape index (κ2) is 4.59. The van der Waals surface area contributed by atoms with Gasteiger partial charge in [-0.2, -0.15) is 9.64 Å². The quantitative estimate of drug-likeness (QED) is 0.721. The number of aromatic nitrogens is 1. The molecule has 19 heavy (non-hydrogen) atoms. The Hall–Kier alpha value is -2.58. The molecule has 4 nitrogen and oxygen atoms in total. The second-order valence-electron chi connectivity index (χ2n) is 3.96. The first-order valence-electron chi connectivity index (χ1n) is 5.60. The van der Waals surface area contributed by atoms with Gasteiger partial charge in [0.25, 0.3) is 0 Å². The second-order valence-corrected chi connectivity index (χ2v) is 4.69. The van der Waals surface area contributed by atoms with Crippen molar-refractivity contribution in [2.45, 2.75) is 0 Å². The molecule has 0 bridgehead atoms. The Balaban J connectivity index is 2.04. The van der Waals surface area contributed by atoms with Crippen molar-refractivity contribution in [3.63, 3.8) is 0 Å². The molecule has 2 N–H and O–H groups in total. The van der Waals surface area contributed by atoms with E-state index in [0.29, 0.717) is 22.1 Å². The van der Waals surface area contributed by atoms with Crippen molar-refractivity contribution >= 4 is 28.1 Å². The summed E-state index contributed by atoms with van der Waals surface area (Å²) in [6, 6.07) is 14.8. The van der Waals surface area contributed by atoms with Crippen LogP contribution in [0.15, 0.2) is 42.5 Å². The molecule has 0 aliphatic heterocycles. The zero-order valence-corrected chi connectivity index (χ0v) is 10.6. The first kappa shape index (κ1) is 11.5. The molecule has 2 aromatic carbocycles. The molecule has 0 atom stereocenters. The summed E-state index contributed by atoms with van der Waals surface area (Å²) in [4.78, 5) is 0. The van der Waals surface area contributed by atoms with E-state index < -0.39 is 0 Å². The van der Waals surface area contributed by atoms with Gasteiger partial charge in [-0.15, -0.1) is 0 Å². The molecule has 0 fully saturated rings. The summed E-state index contributed by atoms with van der Waals surface area (Å²) < 4.78 is 10.1. The molecule has 0 aliphatic rings. The van der Waals surface area contributed by atoms with Crippen molar-refractivity contribution < 1.29 is 4.74 Å². The van der Waals surface area contributed by atoms with Gasteiger partial charge in [0, 0.05) is 17.2 Å². The first-order chi connectivity index (χ1) is 9.28. The Morgan fingerprint density at radius 2 is 2.05 bits per heavy atom. The Morgan fingerprint density at radius 1 is 1.21 bits per heavy atom. The van der Waals surface area contributed by atoms with Gasteiger partial charge in [-0.1, -0.05) is 12.1 Å². The van der Waals surface area contributed by atoms with Gasteiger partial charge in [0.2, 0.25) is 5.06 Å². The van der Waals surface area contributed by atoms with Gasteiger partial charge < -0.3 is 10.5 Å². The number of rotatable bonds is 2. The molecule has 3 aromatic rings. The van der Waals surface area contributed by atoms with E-state index in [-0.39, 0.29) is 0 Å². The number of nitrogen functional groups attached to an aromatic ring is 1. The lowest BCUT2D eigenvalue weighted by Crippen LogP contribution is -1.90. The molecule has 0 aliphatic carbocycles. The molecular formula is C14H9N3OS. The third-order valence-corrected chi connectivity index (χ3v) is 3.43. The van der Waals surface area contributed by atoms with Crippen LogP contribution in [0, 0.1) is 11.3 Å². The fraction of sp³-hybridized carbons (Fsp3) is 0. The number of nitriles is 1. The van der Waals surface area contributed by atoms with Crippen molar-refractivity contribution in [1.29, 1.82) is 5.26 Å². The third kappa shape index (κ3) is 2.09. The number of nitrogens with two attached hydrogens (primary N) is 1. The Morgan fingerprint density at radius 3 is 2.89 bits per heavy atom. The van der Waals surface area contributed by atoms with Crippen LogP contribution < -0.4 is 10.5 Å². The molecule has 5 heteroatoms. The molecule has 1 heterocycles. The molecule has 0 saturated carbocycles. The molecule has 0 amide bonds. The minimum Gasteiger partial charge on any atom is -0.443 e. The summed E-state index contributed by atoms with van der Waals surface area (Å²) in [7, 11) is 0. The maximum Gasteiger partial charge on any atom is 0.207 e. The lowest BCUT2D eigenvalue weighted by molar-refractivity contribution is 0.500. The minimum atomic E-state index is 0.414. The van der Waals surface area contributed by atoms with E-state index in [9.17, 15) is 0 Å². The monoisotopic (exact) mass is 267 g/mol. The predicted molar refractivity (Wildman–Crippen MR) is 75.3 cm³/mol. The molecule has 3 rings (SSSR count). The van der Waals surface area contributed by atoms with Crippen LogP contribution in [-0.4, -0.2) is 4.37 Å². The number of fused-ring (bicyclic) bond motifs is 1. The number of ether oxygens (including phenoxy) is 1. The normalized spacial score (nSPS) is 10.3. The lowest BCUT2D eigenvalue weighted by atomic mass is 10.2. The predicted octanol–water partition coefficient (Wildman–Crippen LogP) is 3.54. The van der Waals surface area contributed by atoms with E-state index in [1.165, 1.54) is 11.5 Å². The summed E-state index contributed by atoms with van der Waals surface area (Å²) >= 11 is 1.27. The Kier molecular flexibility index (Phi) is 2.78. The SMILES string of the molecule is N#Cc1cc(N)ccc1Oc1snc2ccccc12. The average Bonchev–Trinajstić information content (AvgIpc) is 2.84. The van der Waals surface area contributed by atoms with Crippen LogP contribution in [0.1, 0.15) is 5.56 Å². The zero-order chi connectivity index (χ0) is 13.2. The number of anilines is 1. The van der Waals surface area contributed by atoms with E-state index in [0.717, 1.165) is 10.9 Å². The highest BCUT2D eigenvalue weighted by Crippen LogP contribution is 2.35. The summed E-state index contributed by atoms with van der Waals surface area (Å²) in [5, 5.41) is 10.7. The summed E-state index contributed by atoms with van der Waals surface area (Å²) in [5.74, 6) is 0.492. The van der Waals surface area contributed by atoms with E-state index in [4.69, 9.17) is 15.7 Å². The van der Waals surface area contributed by atoms with Gasteiger partial charge in [-0.05, 0) is 30.3 Å². The molecule has 0 unspecified atom stereocenters. The number of hydrogen-bond acceptors (Lipinski definition) is 5. The van der Waals surface area contributed by atoms with Crippen molar-refractivity contribution in [2.24, 2.45) is 0 Å². The summed E-state index contributed by atoms with van der Waals surface area (Å²) in [6.07, 6.45) is 0. The first-order valence-corrected chi connectivity index (χ1v) is 6.37. The average molecular weight is 267 g/mol.